The molecule has 76 valence electrons. The molecule has 0 fully saturated rings. The first-order valence-electron chi connectivity index (χ1n) is 4.45. The highest BCUT2D eigenvalue weighted by Gasteiger charge is 1.99. The van der Waals surface area contributed by atoms with Gasteiger partial charge in [-0.25, -0.2) is 0 Å². The molecule has 0 unspecified atom stereocenters. The van der Waals surface area contributed by atoms with Crippen molar-refractivity contribution in [2.24, 2.45) is 10.7 Å². The number of aliphatic hydroxyl groups is 1. The zero-order valence-electron chi connectivity index (χ0n) is 8.14. The number of aliphatic hydroxyl groups excluding tert-OH is 1. The molecule has 0 aliphatic carbocycles. The molecule has 1 aromatic rings. The molecule has 0 spiro atoms. The van der Waals surface area contributed by atoms with E-state index in [4.69, 9.17) is 10.8 Å². The summed E-state index contributed by atoms with van der Waals surface area (Å²) in [6, 6.07) is 3.61. The number of nitrogens with two attached hydrogens (primary N) is 1. The first-order chi connectivity index (χ1) is 6.74. The van der Waals surface area contributed by atoms with E-state index in [1.165, 1.54) is 0 Å². The third-order valence-electron chi connectivity index (χ3n) is 1.66. The summed E-state index contributed by atoms with van der Waals surface area (Å²) in [7, 11) is 0. The second-order valence-electron chi connectivity index (χ2n) is 2.90. The molecule has 5 nitrogen and oxygen atoms in total. The summed E-state index contributed by atoms with van der Waals surface area (Å²) < 4.78 is 0. The Morgan fingerprint density at radius 3 is 2.86 bits per heavy atom. The monoisotopic (exact) mass is 194 g/mol. The quantitative estimate of drug-likeness (QED) is 0.397. The van der Waals surface area contributed by atoms with E-state index in [0.717, 1.165) is 5.69 Å². The number of aromatic nitrogens is 2. The Labute approximate surface area is 82.7 Å². The van der Waals surface area contributed by atoms with E-state index in [1.807, 2.05) is 13.0 Å². The lowest BCUT2D eigenvalue weighted by molar-refractivity contribution is 0.291. The predicted octanol–water partition coefficient (Wildman–Crippen LogP) is -0.127. The van der Waals surface area contributed by atoms with Gasteiger partial charge in [0.05, 0.1) is 5.69 Å². The summed E-state index contributed by atoms with van der Waals surface area (Å²) in [5.74, 6) is 0.367. The zero-order chi connectivity index (χ0) is 10.4. The van der Waals surface area contributed by atoms with Crippen LogP contribution in [0.4, 0.5) is 0 Å². The molecule has 14 heavy (non-hydrogen) atoms. The summed E-state index contributed by atoms with van der Waals surface area (Å²) in [4.78, 5) is 4.05. The molecular formula is C9H14N4O. The number of aryl methyl sites for hydroxylation is 1. The van der Waals surface area contributed by atoms with Gasteiger partial charge in [0.1, 0.15) is 11.5 Å². The van der Waals surface area contributed by atoms with Gasteiger partial charge in [-0.15, -0.1) is 5.10 Å². The van der Waals surface area contributed by atoms with Gasteiger partial charge in [0.2, 0.25) is 0 Å². The van der Waals surface area contributed by atoms with Crippen LogP contribution in [0.1, 0.15) is 17.8 Å². The van der Waals surface area contributed by atoms with Crippen molar-refractivity contribution in [3.05, 3.63) is 23.5 Å². The van der Waals surface area contributed by atoms with Gasteiger partial charge in [-0.3, -0.25) is 4.99 Å². The summed E-state index contributed by atoms with van der Waals surface area (Å²) in [6.45, 7) is 2.49. The van der Waals surface area contributed by atoms with Crippen LogP contribution in [0.3, 0.4) is 0 Å². The third kappa shape index (κ3) is 3.10. The average molecular weight is 194 g/mol. The van der Waals surface area contributed by atoms with Gasteiger partial charge >= 0.3 is 0 Å². The fraction of sp³-hybridized carbons (Fsp3) is 0.444. The number of nitrogens with zero attached hydrogens (tertiary/aromatic N) is 3. The molecule has 0 aromatic carbocycles. The van der Waals surface area contributed by atoms with Gasteiger partial charge in [-0.1, -0.05) is 0 Å². The smallest absolute Gasteiger partial charge is 0.146 e. The first kappa shape index (κ1) is 10.6. The van der Waals surface area contributed by atoms with Crippen molar-refractivity contribution in [1.82, 2.24) is 10.2 Å². The topological polar surface area (TPSA) is 84.4 Å². The molecule has 0 amide bonds. The Morgan fingerprint density at radius 1 is 1.50 bits per heavy atom. The van der Waals surface area contributed by atoms with E-state index in [9.17, 15) is 0 Å². The van der Waals surface area contributed by atoms with Crippen molar-refractivity contribution in [3.63, 3.8) is 0 Å². The van der Waals surface area contributed by atoms with E-state index < -0.39 is 0 Å². The molecule has 0 radical (unpaired) electrons. The van der Waals surface area contributed by atoms with Crippen LogP contribution >= 0.6 is 0 Å². The molecule has 3 N–H and O–H groups in total. The van der Waals surface area contributed by atoms with Gasteiger partial charge < -0.3 is 10.8 Å². The fourth-order valence-electron chi connectivity index (χ4n) is 0.887. The maximum Gasteiger partial charge on any atom is 0.146 e. The highest BCUT2D eigenvalue weighted by Crippen LogP contribution is 1.95. The third-order valence-corrected chi connectivity index (χ3v) is 1.66. The van der Waals surface area contributed by atoms with Gasteiger partial charge in [-0.05, 0) is 25.5 Å². The maximum atomic E-state index is 8.55. The lowest BCUT2D eigenvalue weighted by atomic mass is 10.3. The molecule has 5 heteroatoms. The summed E-state index contributed by atoms with van der Waals surface area (Å²) in [5, 5.41) is 16.3. The van der Waals surface area contributed by atoms with Crippen LogP contribution in [-0.4, -0.2) is 34.3 Å². The summed E-state index contributed by atoms with van der Waals surface area (Å²) in [5.41, 5.74) is 7.07. The maximum absolute atomic E-state index is 8.55. The number of aliphatic imine (C=N–C) groups is 1. The summed E-state index contributed by atoms with van der Waals surface area (Å²) >= 11 is 0. The zero-order valence-corrected chi connectivity index (χ0v) is 8.14. The highest BCUT2D eigenvalue weighted by molar-refractivity contribution is 5.95. The minimum atomic E-state index is 0.121. The number of hydrogen-bond acceptors (Lipinski definition) is 4. The fourth-order valence-corrected chi connectivity index (χ4v) is 0.887. The molecular weight excluding hydrogens is 180 g/mol. The van der Waals surface area contributed by atoms with Crippen molar-refractivity contribution < 1.29 is 5.11 Å². The SMILES string of the molecule is Cc1ccc(C(N)=NCCCO)nn1. The average Bonchev–Trinajstić information content (AvgIpc) is 2.19. The van der Waals surface area contributed by atoms with E-state index in [0.29, 0.717) is 24.5 Å². The second-order valence-corrected chi connectivity index (χ2v) is 2.90. The van der Waals surface area contributed by atoms with Gasteiger partial charge in [0, 0.05) is 13.2 Å². The van der Waals surface area contributed by atoms with Crippen LogP contribution in [0.25, 0.3) is 0 Å². The molecule has 0 saturated carbocycles. The molecule has 0 bridgehead atoms. The van der Waals surface area contributed by atoms with Crippen LogP contribution < -0.4 is 5.73 Å². The minimum Gasteiger partial charge on any atom is -0.396 e. The van der Waals surface area contributed by atoms with Crippen molar-refractivity contribution >= 4 is 5.84 Å². The van der Waals surface area contributed by atoms with Gasteiger partial charge in [0.25, 0.3) is 0 Å². The minimum absolute atomic E-state index is 0.121. The molecule has 1 aromatic heterocycles. The largest absolute Gasteiger partial charge is 0.396 e. The normalized spacial score (nSPS) is 11.7. The van der Waals surface area contributed by atoms with Crippen molar-refractivity contribution in [2.75, 3.05) is 13.2 Å². The van der Waals surface area contributed by atoms with Crippen LogP contribution in [0.2, 0.25) is 0 Å². The number of amidine groups is 1. The van der Waals surface area contributed by atoms with E-state index in [1.54, 1.807) is 6.07 Å². The Bertz CT molecular complexity index is 307. The van der Waals surface area contributed by atoms with Crippen molar-refractivity contribution in [1.29, 1.82) is 0 Å². The Balaban J connectivity index is 2.64. The molecule has 1 rings (SSSR count). The summed E-state index contributed by atoms with van der Waals surface area (Å²) in [6.07, 6.45) is 0.611. The second kappa shape index (κ2) is 5.29. The first-order valence-corrected chi connectivity index (χ1v) is 4.45. The van der Waals surface area contributed by atoms with E-state index in [-0.39, 0.29) is 6.61 Å². The predicted molar refractivity (Wildman–Crippen MR) is 54.1 cm³/mol. The Hall–Kier alpha value is -1.49. The van der Waals surface area contributed by atoms with Crippen LogP contribution in [0.15, 0.2) is 17.1 Å². The highest BCUT2D eigenvalue weighted by atomic mass is 16.3. The van der Waals surface area contributed by atoms with Crippen LogP contribution in [-0.2, 0) is 0 Å². The number of rotatable bonds is 4. The molecule has 0 aliphatic heterocycles. The van der Waals surface area contributed by atoms with Crippen LogP contribution in [0.5, 0.6) is 0 Å². The molecule has 0 saturated heterocycles. The van der Waals surface area contributed by atoms with Crippen LogP contribution in [0, 0.1) is 6.92 Å². The lowest BCUT2D eigenvalue weighted by Crippen LogP contribution is -2.16. The number of hydrogen-bond donors (Lipinski definition) is 2. The lowest BCUT2D eigenvalue weighted by Gasteiger charge is -1.99. The molecule has 0 aliphatic rings. The van der Waals surface area contributed by atoms with Crippen molar-refractivity contribution in [2.45, 2.75) is 13.3 Å². The van der Waals surface area contributed by atoms with E-state index >= 15 is 0 Å². The Kier molecular flexibility index (Phi) is 4.00. The van der Waals surface area contributed by atoms with Gasteiger partial charge in [0.15, 0.2) is 0 Å². The Morgan fingerprint density at radius 2 is 2.29 bits per heavy atom. The molecule has 0 atom stereocenters. The standard InChI is InChI=1S/C9H14N4O/c1-7-3-4-8(13-12-7)9(10)11-5-2-6-14/h3-4,14H,2,5-6H2,1H3,(H2,10,11). The molecule has 1 heterocycles. The van der Waals surface area contributed by atoms with Crippen molar-refractivity contribution in [3.8, 4) is 0 Å². The van der Waals surface area contributed by atoms with E-state index in [2.05, 4.69) is 15.2 Å². The van der Waals surface area contributed by atoms with Gasteiger partial charge in [-0.2, -0.15) is 5.10 Å².